The zero-order chi connectivity index (χ0) is 15.5. The Bertz CT molecular complexity index is 648. The number of tetrazole rings is 1. The second-order valence-electron chi connectivity index (χ2n) is 5.30. The summed E-state index contributed by atoms with van der Waals surface area (Å²) in [7, 11) is 0. The lowest BCUT2D eigenvalue weighted by Gasteiger charge is -2.35. The first-order chi connectivity index (χ1) is 10.6. The van der Waals surface area contributed by atoms with Crippen molar-refractivity contribution in [3.8, 4) is 0 Å². The van der Waals surface area contributed by atoms with Crippen LogP contribution in [-0.2, 0) is 11.3 Å². The minimum absolute atomic E-state index is 0.0269. The van der Waals surface area contributed by atoms with Gasteiger partial charge in [0.15, 0.2) is 0 Å². The minimum atomic E-state index is 0.0269. The molecule has 2 aromatic rings. The Morgan fingerprint density at radius 3 is 2.68 bits per heavy atom. The third-order valence-electron chi connectivity index (χ3n) is 3.67. The third-order valence-corrected chi connectivity index (χ3v) is 3.67. The molecule has 0 atom stereocenters. The summed E-state index contributed by atoms with van der Waals surface area (Å²) in [5, 5.41) is 10.8. The van der Waals surface area contributed by atoms with E-state index in [0.717, 1.165) is 30.3 Å². The normalized spacial score (nSPS) is 15.2. The summed E-state index contributed by atoms with van der Waals surface area (Å²) in [6.45, 7) is 6.89. The Kier molecular flexibility index (Phi) is 3.94. The van der Waals surface area contributed by atoms with Crippen LogP contribution >= 0.6 is 0 Å². The van der Waals surface area contributed by atoms with E-state index < -0.39 is 0 Å². The number of hydrogen-bond acceptors (Lipinski definition) is 7. The van der Waals surface area contributed by atoms with Crippen LogP contribution in [0.5, 0.6) is 0 Å². The highest BCUT2D eigenvalue weighted by Crippen LogP contribution is 2.17. The molecule has 0 bridgehead atoms. The number of carbonyl (C=O) groups is 1. The van der Waals surface area contributed by atoms with Crippen LogP contribution in [0.25, 0.3) is 0 Å². The van der Waals surface area contributed by atoms with Gasteiger partial charge in [-0.25, -0.2) is 9.67 Å². The predicted molar refractivity (Wildman–Crippen MR) is 78.1 cm³/mol. The van der Waals surface area contributed by atoms with Gasteiger partial charge < -0.3 is 9.80 Å². The van der Waals surface area contributed by atoms with Crippen LogP contribution < -0.4 is 4.90 Å². The zero-order valence-electron chi connectivity index (χ0n) is 12.7. The summed E-state index contributed by atoms with van der Waals surface area (Å²) >= 11 is 0. The lowest BCUT2D eigenvalue weighted by Crippen LogP contribution is -2.50. The van der Waals surface area contributed by atoms with Crippen LogP contribution in [0.15, 0.2) is 12.5 Å². The van der Waals surface area contributed by atoms with Gasteiger partial charge in [0, 0.05) is 32.4 Å². The Labute approximate surface area is 128 Å². The molecule has 9 heteroatoms. The SMILES string of the molecule is Cc1cnc(C)c(N2CCN(C(=O)Cn3cnnn3)CC2)n1. The lowest BCUT2D eigenvalue weighted by molar-refractivity contribution is -0.132. The highest BCUT2D eigenvalue weighted by atomic mass is 16.2. The number of carbonyl (C=O) groups excluding carboxylic acids is 1. The molecule has 0 aliphatic carbocycles. The maximum absolute atomic E-state index is 12.2. The Morgan fingerprint density at radius 1 is 1.23 bits per heavy atom. The molecule has 0 spiro atoms. The average molecular weight is 302 g/mol. The number of anilines is 1. The number of aromatic nitrogens is 6. The fourth-order valence-electron chi connectivity index (χ4n) is 2.48. The first-order valence-corrected chi connectivity index (χ1v) is 7.17. The van der Waals surface area contributed by atoms with Crippen molar-refractivity contribution in [1.29, 1.82) is 0 Å². The number of hydrogen-bond donors (Lipinski definition) is 0. The number of nitrogens with zero attached hydrogens (tertiary/aromatic N) is 8. The van der Waals surface area contributed by atoms with Gasteiger partial charge in [-0.3, -0.25) is 9.78 Å². The van der Waals surface area contributed by atoms with E-state index >= 15 is 0 Å². The smallest absolute Gasteiger partial charge is 0.244 e. The van der Waals surface area contributed by atoms with E-state index in [1.165, 1.54) is 11.0 Å². The molecule has 2 aromatic heterocycles. The molecule has 0 unspecified atom stereocenters. The molecule has 1 aliphatic heterocycles. The van der Waals surface area contributed by atoms with E-state index in [4.69, 9.17) is 0 Å². The molecular weight excluding hydrogens is 284 g/mol. The Hall–Kier alpha value is -2.58. The van der Waals surface area contributed by atoms with Crippen LogP contribution in [0.3, 0.4) is 0 Å². The van der Waals surface area contributed by atoms with Gasteiger partial charge in [-0.1, -0.05) is 0 Å². The summed E-state index contributed by atoms with van der Waals surface area (Å²) in [6, 6.07) is 0. The largest absolute Gasteiger partial charge is 0.352 e. The predicted octanol–water partition coefficient (Wildman–Crippen LogP) is -0.571. The molecule has 1 saturated heterocycles. The van der Waals surface area contributed by atoms with Crippen molar-refractivity contribution >= 4 is 11.7 Å². The quantitative estimate of drug-likeness (QED) is 0.749. The maximum Gasteiger partial charge on any atom is 0.244 e. The summed E-state index contributed by atoms with van der Waals surface area (Å²) in [5.41, 5.74) is 1.82. The second kappa shape index (κ2) is 6.04. The second-order valence-corrected chi connectivity index (χ2v) is 5.30. The fourth-order valence-corrected chi connectivity index (χ4v) is 2.48. The van der Waals surface area contributed by atoms with Gasteiger partial charge in [-0.15, -0.1) is 5.10 Å². The summed E-state index contributed by atoms with van der Waals surface area (Å²) in [6.07, 6.45) is 3.21. The fraction of sp³-hybridized carbons (Fsp3) is 0.538. The summed E-state index contributed by atoms with van der Waals surface area (Å²) in [5.74, 6) is 0.937. The van der Waals surface area contributed by atoms with E-state index in [2.05, 4.69) is 30.4 Å². The van der Waals surface area contributed by atoms with E-state index in [0.29, 0.717) is 13.1 Å². The van der Waals surface area contributed by atoms with Gasteiger partial charge in [0.25, 0.3) is 0 Å². The highest BCUT2D eigenvalue weighted by molar-refractivity contribution is 5.76. The molecule has 1 fully saturated rings. The molecule has 22 heavy (non-hydrogen) atoms. The monoisotopic (exact) mass is 302 g/mol. The zero-order valence-corrected chi connectivity index (χ0v) is 12.7. The Balaban J connectivity index is 1.60. The maximum atomic E-state index is 12.2. The van der Waals surface area contributed by atoms with E-state index in [9.17, 15) is 4.79 Å². The molecule has 1 aliphatic rings. The molecule has 0 radical (unpaired) electrons. The molecule has 3 rings (SSSR count). The van der Waals surface area contributed by atoms with Crippen molar-refractivity contribution in [1.82, 2.24) is 35.1 Å². The van der Waals surface area contributed by atoms with Gasteiger partial charge in [0.1, 0.15) is 18.7 Å². The average Bonchev–Trinajstić information content (AvgIpc) is 3.03. The summed E-state index contributed by atoms with van der Waals surface area (Å²) < 4.78 is 1.44. The van der Waals surface area contributed by atoms with Crippen LogP contribution in [0, 0.1) is 13.8 Å². The van der Waals surface area contributed by atoms with E-state index in [1.807, 2.05) is 18.7 Å². The minimum Gasteiger partial charge on any atom is -0.352 e. The van der Waals surface area contributed by atoms with Crippen LogP contribution in [-0.4, -0.2) is 67.2 Å². The molecule has 0 aromatic carbocycles. The van der Waals surface area contributed by atoms with Crippen molar-refractivity contribution < 1.29 is 4.79 Å². The van der Waals surface area contributed by atoms with Gasteiger partial charge in [-0.2, -0.15) is 0 Å². The molecule has 0 saturated carbocycles. The molecule has 9 nitrogen and oxygen atoms in total. The number of rotatable bonds is 3. The van der Waals surface area contributed by atoms with Gasteiger partial charge in [0.05, 0.1) is 11.4 Å². The number of aryl methyl sites for hydroxylation is 2. The van der Waals surface area contributed by atoms with E-state index in [1.54, 1.807) is 6.20 Å². The van der Waals surface area contributed by atoms with E-state index in [-0.39, 0.29) is 12.5 Å². The standard InChI is InChI=1S/C13H18N8O/c1-10-7-14-11(2)13(16-10)20-5-3-19(4-6-20)12(22)8-21-9-15-17-18-21/h7,9H,3-6,8H2,1-2H3. The van der Waals surface area contributed by atoms with Gasteiger partial charge in [0.2, 0.25) is 5.91 Å². The first kappa shape index (κ1) is 14.4. The number of amides is 1. The van der Waals surface area contributed by atoms with Gasteiger partial charge in [-0.05, 0) is 24.3 Å². The van der Waals surface area contributed by atoms with Crippen LogP contribution in [0.1, 0.15) is 11.4 Å². The third kappa shape index (κ3) is 3.02. The summed E-state index contributed by atoms with van der Waals surface area (Å²) in [4.78, 5) is 25.1. The van der Waals surface area contributed by atoms with Crippen LogP contribution in [0.4, 0.5) is 5.82 Å². The number of piperazine rings is 1. The molecule has 116 valence electrons. The van der Waals surface area contributed by atoms with Crippen LogP contribution in [0.2, 0.25) is 0 Å². The molecule has 0 N–H and O–H groups in total. The van der Waals surface area contributed by atoms with Crippen molar-refractivity contribution in [3.05, 3.63) is 23.9 Å². The van der Waals surface area contributed by atoms with Crippen molar-refractivity contribution in [3.63, 3.8) is 0 Å². The van der Waals surface area contributed by atoms with Crippen molar-refractivity contribution in [2.75, 3.05) is 31.1 Å². The lowest BCUT2D eigenvalue weighted by atomic mass is 10.3. The topological polar surface area (TPSA) is 92.9 Å². The van der Waals surface area contributed by atoms with Crippen molar-refractivity contribution in [2.24, 2.45) is 0 Å². The highest BCUT2D eigenvalue weighted by Gasteiger charge is 2.23. The van der Waals surface area contributed by atoms with Gasteiger partial charge >= 0.3 is 0 Å². The molecule has 3 heterocycles. The molecular formula is C13H18N8O. The first-order valence-electron chi connectivity index (χ1n) is 7.17. The Morgan fingerprint density at radius 2 is 2.00 bits per heavy atom. The van der Waals surface area contributed by atoms with Crippen molar-refractivity contribution in [2.45, 2.75) is 20.4 Å². The molecule has 1 amide bonds.